The van der Waals surface area contributed by atoms with Crippen LogP contribution in [0.2, 0.25) is 5.02 Å². The van der Waals surface area contributed by atoms with Crippen LogP contribution in [0.25, 0.3) is 0 Å². The molecule has 1 heterocycles. The lowest BCUT2D eigenvalue weighted by Gasteiger charge is -2.19. The zero-order valence-corrected chi connectivity index (χ0v) is 14.6. The maximum atomic E-state index is 12.3. The Kier molecular flexibility index (Phi) is 5.18. The fraction of sp³-hybridized carbons (Fsp3) is 0.222. The number of aromatic hydroxyl groups is 1. The molecule has 0 saturated carbocycles. The van der Waals surface area contributed by atoms with E-state index >= 15 is 0 Å². The zero-order valence-electron chi connectivity index (χ0n) is 13.8. The second-order valence-electron chi connectivity index (χ2n) is 5.56. The van der Waals surface area contributed by atoms with Crippen molar-refractivity contribution in [2.24, 2.45) is 0 Å². The van der Waals surface area contributed by atoms with Crippen molar-refractivity contribution in [1.82, 2.24) is 0 Å². The average molecular weight is 378 g/mol. The Hall–Kier alpha value is -2.93. The van der Waals surface area contributed by atoms with Crippen LogP contribution < -0.4 is 14.8 Å². The van der Waals surface area contributed by atoms with Gasteiger partial charge in [-0.25, -0.2) is 4.79 Å². The van der Waals surface area contributed by atoms with Crippen molar-refractivity contribution in [1.29, 1.82) is 0 Å². The van der Waals surface area contributed by atoms with E-state index in [1.54, 1.807) is 18.2 Å². The summed E-state index contributed by atoms with van der Waals surface area (Å²) in [7, 11) is 0. The van der Waals surface area contributed by atoms with Crippen LogP contribution in [0.5, 0.6) is 17.2 Å². The molecule has 2 N–H and O–H groups in total. The predicted octanol–water partition coefficient (Wildman–Crippen LogP) is 3.00. The Morgan fingerprint density at radius 1 is 1.15 bits per heavy atom. The molecule has 3 rings (SSSR count). The molecule has 0 saturated heterocycles. The number of carbonyl (C=O) groups is 2. The third kappa shape index (κ3) is 4.00. The van der Waals surface area contributed by atoms with Gasteiger partial charge in [0.15, 0.2) is 17.6 Å². The summed E-state index contributed by atoms with van der Waals surface area (Å²) < 4.78 is 16.0. The first-order chi connectivity index (χ1) is 12.4. The number of rotatable bonds is 4. The minimum absolute atomic E-state index is 0.114. The molecular formula is C18H16ClNO6. The number of carbonyl (C=O) groups excluding carboxylic acids is 2. The van der Waals surface area contributed by atoms with Crippen LogP contribution in [0.4, 0.5) is 5.69 Å². The molecule has 26 heavy (non-hydrogen) atoms. The summed E-state index contributed by atoms with van der Waals surface area (Å²) >= 11 is 5.81. The third-order valence-corrected chi connectivity index (χ3v) is 3.88. The van der Waals surface area contributed by atoms with Gasteiger partial charge in [0.2, 0.25) is 0 Å². The van der Waals surface area contributed by atoms with E-state index in [-0.39, 0.29) is 16.3 Å². The Bertz CT molecular complexity index is 854. The first kappa shape index (κ1) is 17.9. The highest BCUT2D eigenvalue weighted by atomic mass is 35.5. The van der Waals surface area contributed by atoms with E-state index in [0.717, 1.165) is 0 Å². The van der Waals surface area contributed by atoms with E-state index in [4.69, 9.17) is 25.8 Å². The van der Waals surface area contributed by atoms with Crippen LogP contribution in [0, 0.1) is 0 Å². The number of ether oxygens (including phenoxy) is 3. The van der Waals surface area contributed by atoms with Gasteiger partial charge in [-0.15, -0.1) is 0 Å². The van der Waals surface area contributed by atoms with Crippen molar-refractivity contribution in [3.8, 4) is 17.2 Å². The first-order valence-electron chi connectivity index (χ1n) is 7.84. The molecule has 0 spiro atoms. The Morgan fingerprint density at radius 2 is 1.88 bits per heavy atom. The molecule has 0 aliphatic carbocycles. The minimum Gasteiger partial charge on any atom is -0.507 e. The molecule has 0 unspecified atom stereocenters. The third-order valence-electron chi connectivity index (χ3n) is 3.64. The standard InChI is InChI=1S/C18H16ClNO6/c1-10(26-18(23)13-8-11(19)2-4-14(13)21)17(22)20-12-3-5-15-16(9-12)25-7-6-24-15/h2-5,8-10,21H,6-7H2,1H3,(H,20,22)/t10-/m0/s1. The Morgan fingerprint density at radius 3 is 2.65 bits per heavy atom. The molecule has 2 aromatic carbocycles. The molecule has 0 fully saturated rings. The molecule has 136 valence electrons. The highest BCUT2D eigenvalue weighted by Crippen LogP contribution is 2.32. The van der Waals surface area contributed by atoms with Gasteiger partial charge in [0.05, 0.1) is 0 Å². The number of esters is 1. The molecule has 8 heteroatoms. The van der Waals surface area contributed by atoms with Crippen LogP contribution in [-0.2, 0) is 9.53 Å². The summed E-state index contributed by atoms with van der Waals surface area (Å²) in [5, 5.41) is 12.6. The summed E-state index contributed by atoms with van der Waals surface area (Å²) in [6, 6.07) is 8.95. The molecule has 1 aliphatic rings. The Labute approximate surface area is 154 Å². The SMILES string of the molecule is C[C@H](OC(=O)c1cc(Cl)ccc1O)C(=O)Nc1ccc2c(c1)OCCO2. The van der Waals surface area contributed by atoms with Gasteiger partial charge in [0.25, 0.3) is 5.91 Å². The molecule has 1 amide bonds. The van der Waals surface area contributed by atoms with Crippen molar-refractivity contribution < 1.29 is 28.9 Å². The second kappa shape index (κ2) is 7.53. The molecule has 1 atom stereocenters. The summed E-state index contributed by atoms with van der Waals surface area (Å²) in [5.41, 5.74) is 0.365. The number of hydrogen-bond acceptors (Lipinski definition) is 6. The van der Waals surface area contributed by atoms with Gasteiger partial charge in [-0.05, 0) is 37.3 Å². The van der Waals surface area contributed by atoms with E-state index < -0.39 is 18.0 Å². The van der Waals surface area contributed by atoms with E-state index in [2.05, 4.69) is 5.32 Å². The number of nitrogens with one attached hydrogen (secondary N) is 1. The monoisotopic (exact) mass is 377 g/mol. The topological polar surface area (TPSA) is 94.1 Å². The molecule has 2 aromatic rings. The van der Waals surface area contributed by atoms with Crippen LogP contribution >= 0.6 is 11.6 Å². The fourth-order valence-corrected chi connectivity index (χ4v) is 2.49. The Balaban J connectivity index is 1.64. The lowest BCUT2D eigenvalue weighted by molar-refractivity contribution is -0.123. The average Bonchev–Trinajstić information content (AvgIpc) is 2.63. The number of amides is 1. The van der Waals surface area contributed by atoms with E-state index in [9.17, 15) is 14.7 Å². The van der Waals surface area contributed by atoms with Crippen LogP contribution in [0.3, 0.4) is 0 Å². The molecule has 0 bridgehead atoms. The van der Waals surface area contributed by atoms with Crippen LogP contribution in [-0.4, -0.2) is 36.3 Å². The van der Waals surface area contributed by atoms with Gasteiger partial charge in [-0.3, -0.25) is 4.79 Å². The second-order valence-corrected chi connectivity index (χ2v) is 5.99. The smallest absolute Gasteiger partial charge is 0.342 e. The van der Waals surface area contributed by atoms with Crippen molar-refractivity contribution in [2.75, 3.05) is 18.5 Å². The first-order valence-corrected chi connectivity index (χ1v) is 8.22. The van der Waals surface area contributed by atoms with E-state index in [1.807, 2.05) is 0 Å². The lowest BCUT2D eigenvalue weighted by atomic mass is 10.2. The van der Waals surface area contributed by atoms with Crippen molar-refractivity contribution in [3.63, 3.8) is 0 Å². The number of benzene rings is 2. The summed E-state index contributed by atoms with van der Waals surface area (Å²) in [4.78, 5) is 24.4. The van der Waals surface area contributed by atoms with Crippen LogP contribution in [0.15, 0.2) is 36.4 Å². The normalized spacial score (nSPS) is 13.6. The maximum Gasteiger partial charge on any atom is 0.342 e. The van der Waals surface area contributed by atoms with Gasteiger partial charge < -0.3 is 24.6 Å². The quantitative estimate of drug-likeness (QED) is 0.795. The van der Waals surface area contributed by atoms with Crippen molar-refractivity contribution in [2.45, 2.75) is 13.0 Å². The summed E-state index contributed by atoms with van der Waals surface area (Å²) in [6.07, 6.45) is -1.09. The maximum absolute atomic E-state index is 12.3. The zero-order chi connectivity index (χ0) is 18.7. The fourth-order valence-electron chi connectivity index (χ4n) is 2.31. The number of phenolic OH excluding ortho intramolecular Hbond substituents is 1. The lowest BCUT2D eigenvalue weighted by Crippen LogP contribution is -2.30. The molecule has 0 radical (unpaired) electrons. The highest BCUT2D eigenvalue weighted by Gasteiger charge is 2.22. The summed E-state index contributed by atoms with van der Waals surface area (Å²) in [6.45, 7) is 2.33. The van der Waals surface area contributed by atoms with Gasteiger partial charge >= 0.3 is 5.97 Å². The minimum atomic E-state index is -1.09. The van der Waals surface area contributed by atoms with Gasteiger partial charge in [-0.2, -0.15) is 0 Å². The highest BCUT2D eigenvalue weighted by molar-refractivity contribution is 6.31. The van der Waals surface area contributed by atoms with Gasteiger partial charge in [0.1, 0.15) is 24.5 Å². The number of halogens is 1. The summed E-state index contributed by atoms with van der Waals surface area (Å²) in [5.74, 6) is -0.530. The van der Waals surface area contributed by atoms with Crippen molar-refractivity contribution >= 4 is 29.2 Å². The predicted molar refractivity (Wildman–Crippen MR) is 94.1 cm³/mol. The number of anilines is 1. The largest absolute Gasteiger partial charge is 0.507 e. The van der Waals surface area contributed by atoms with Crippen LogP contribution in [0.1, 0.15) is 17.3 Å². The molecule has 1 aliphatic heterocycles. The van der Waals surface area contributed by atoms with Gasteiger partial charge in [0, 0.05) is 16.8 Å². The van der Waals surface area contributed by atoms with Gasteiger partial charge in [-0.1, -0.05) is 11.6 Å². The number of hydrogen-bond donors (Lipinski definition) is 2. The van der Waals surface area contributed by atoms with Crippen molar-refractivity contribution in [3.05, 3.63) is 47.0 Å². The molecule has 7 nitrogen and oxygen atoms in total. The number of fused-ring (bicyclic) bond motifs is 1. The number of phenols is 1. The van der Waals surface area contributed by atoms with E-state index in [0.29, 0.717) is 30.4 Å². The molecule has 0 aromatic heterocycles. The molecular weight excluding hydrogens is 362 g/mol. The van der Waals surface area contributed by atoms with E-state index in [1.165, 1.54) is 25.1 Å².